The van der Waals surface area contributed by atoms with Crippen LogP contribution in [0.3, 0.4) is 0 Å². The van der Waals surface area contributed by atoms with Gasteiger partial charge in [0.15, 0.2) is 0 Å². The van der Waals surface area contributed by atoms with Crippen molar-refractivity contribution in [3.8, 4) is 5.75 Å². The van der Waals surface area contributed by atoms with E-state index in [9.17, 15) is 0 Å². The number of nitrogens with two attached hydrogens (primary N) is 2. The zero-order valence-electron chi connectivity index (χ0n) is 8.57. The van der Waals surface area contributed by atoms with Gasteiger partial charge >= 0.3 is 0 Å². The van der Waals surface area contributed by atoms with E-state index in [1.165, 1.54) is 0 Å². The first-order valence-electron chi connectivity index (χ1n) is 4.48. The monoisotopic (exact) mass is 294 g/mol. The third-order valence-corrected chi connectivity index (χ3v) is 2.56. The van der Waals surface area contributed by atoms with E-state index in [1.807, 2.05) is 18.2 Å². The van der Waals surface area contributed by atoms with Gasteiger partial charge in [-0.25, -0.2) is 0 Å². The summed E-state index contributed by atoms with van der Waals surface area (Å²) in [5.41, 5.74) is 12.4. The lowest BCUT2D eigenvalue weighted by molar-refractivity contribution is 0.404. The maximum Gasteiger partial charge on any atom is 0.123 e. The van der Waals surface area contributed by atoms with E-state index in [1.54, 1.807) is 7.11 Å². The molecule has 0 saturated carbocycles. The Morgan fingerprint density at radius 2 is 2.13 bits per heavy atom. The maximum absolute atomic E-state index is 5.97. The molecule has 0 unspecified atom stereocenters. The molecule has 0 aliphatic heterocycles. The molecule has 3 nitrogen and oxygen atoms in total. The Morgan fingerprint density at radius 3 is 2.67 bits per heavy atom. The van der Waals surface area contributed by atoms with E-state index >= 15 is 0 Å². The number of methoxy groups -OCH3 is 1. The van der Waals surface area contributed by atoms with E-state index in [0.717, 1.165) is 22.2 Å². The summed E-state index contributed by atoms with van der Waals surface area (Å²) in [6, 6.07) is 5.74. The number of ether oxygens (including phenoxy) is 1. The van der Waals surface area contributed by atoms with Gasteiger partial charge in [-0.2, -0.15) is 0 Å². The Labute approximate surface area is 105 Å². The molecule has 1 aromatic rings. The molecule has 0 aromatic heterocycles. The minimum Gasteiger partial charge on any atom is -0.496 e. The molecular formula is C10H16BrClN2O. The van der Waals surface area contributed by atoms with Gasteiger partial charge in [0.2, 0.25) is 0 Å². The topological polar surface area (TPSA) is 61.3 Å². The standard InChI is InChI=1S/C10H15BrN2O.ClH/c1-14-10-3-2-7(11)6-8(10)9(13)4-5-12;/h2-3,6,9H,4-5,12-13H2,1H3;1H/t9-;/m1./s1. The van der Waals surface area contributed by atoms with Gasteiger partial charge in [0, 0.05) is 16.1 Å². The second kappa shape index (κ2) is 7.06. The van der Waals surface area contributed by atoms with Crippen LogP contribution in [0.4, 0.5) is 0 Å². The van der Waals surface area contributed by atoms with Crippen molar-refractivity contribution in [2.75, 3.05) is 13.7 Å². The second-order valence-corrected chi connectivity index (χ2v) is 3.99. The second-order valence-electron chi connectivity index (χ2n) is 3.07. The molecule has 0 aliphatic carbocycles. The van der Waals surface area contributed by atoms with Gasteiger partial charge in [-0.15, -0.1) is 12.4 Å². The van der Waals surface area contributed by atoms with Crippen LogP contribution < -0.4 is 16.2 Å². The molecule has 0 radical (unpaired) electrons. The third kappa shape index (κ3) is 3.99. The van der Waals surface area contributed by atoms with E-state index in [-0.39, 0.29) is 18.4 Å². The van der Waals surface area contributed by atoms with Crippen LogP contribution in [-0.4, -0.2) is 13.7 Å². The van der Waals surface area contributed by atoms with Crippen LogP contribution in [0, 0.1) is 0 Å². The Morgan fingerprint density at radius 1 is 1.47 bits per heavy atom. The highest BCUT2D eigenvalue weighted by Crippen LogP contribution is 2.28. The van der Waals surface area contributed by atoms with Gasteiger partial charge in [-0.3, -0.25) is 0 Å². The summed E-state index contributed by atoms with van der Waals surface area (Å²) in [5.74, 6) is 0.814. The molecule has 0 amide bonds. The van der Waals surface area contributed by atoms with Crippen molar-refractivity contribution in [3.05, 3.63) is 28.2 Å². The molecule has 0 saturated heterocycles. The highest BCUT2D eigenvalue weighted by atomic mass is 79.9. The van der Waals surface area contributed by atoms with Crippen LogP contribution >= 0.6 is 28.3 Å². The molecule has 0 heterocycles. The molecule has 4 N–H and O–H groups in total. The number of benzene rings is 1. The first-order valence-corrected chi connectivity index (χ1v) is 5.27. The first-order chi connectivity index (χ1) is 6.69. The predicted octanol–water partition coefficient (Wildman–Crippen LogP) is 2.23. The quantitative estimate of drug-likeness (QED) is 0.895. The number of hydrogen-bond acceptors (Lipinski definition) is 3. The molecule has 0 spiro atoms. The third-order valence-electron chi connectivity index (χ3n) is 2.07. The van der Waals surface area contributed by atoms with Crippen molar-refractivity contribution in [3.63, 3.8) is 0 Å². The van der Waals surface area contributed by atoms with Crippen molar-refractivity contribution in [2.24, 2.45) is 11.5 Å². The van der Waals surface area contributed by atoms with Crippen LogP contribution in [0.15, 0.2) is 22.7 Å². The number of halogens is 2. The van der Waals surface area contributed by atoms with Crippen molar-refractivity contribution in [1.82, 2.24) is 0 Å². The summed E-state index contributed by atoms with van der Waals surface area (Å²) in [6.07, 6.45) is 0.757. The summed E-state index contributed by atoms with van der Waals surface area (Å²) in [5, 5.41) is 0. The molecule has 1 rings (SSSR count). The minimum atomic E-state index is -0.0625. The van der Waals surface area contributed by atoms with E-state index < -0.39 is 0 Å². The largest absolute Gasteiger partial charge is 0.496 e. The highest BCUT2D eigenvalue weighted by Gasteiger charge is 2.11. The van der Waals surface area contributed by atoms with Crippen LogP contribution in [-0.2, 0) is 0 Å². The smallest absolute Gasteiger partial charge is 0.123 e. The molecule has 5 heteroatoms. The predicted molar refractivity (Wildman–Crippen MR) is 68.5 cm³/mol. The summed E-state index contributed by atoms with van der Waals surface area (Å²) >= 11 is 3.40. The molecule has 0 bridgehead atoms. The Balaban J connectivity index is 0.00000196. The maximum atomic E-state index is 5.97. The number of hydrogen-bond donors (Lipinski definition) is 2. The van der Waals surface area contributed by atoms with Crippen molar-refractivity contribution < 1.29 is 4.74 Å². The summed E-state index contributed by atoms with van der Waals surface area (Å²) < 4.78 is 6.23. The Kier molecular flexibility index (Phi) is 6.92. The highest BCUT2D eigenvalue weighted by molar-refractivity contribution is 9.10. The van der Waals surface area contributed by atoms with Gasteiger partial charge in [0.1, 0.15) is 5.75 Å². The minimum absolute atomic E-state index is 0. The van der Waals surface area contributed by atoms with Gasteiger partial charge < -0.3 is 16.2 Å². The van der Waals surface area contributed by atoms with Crippen molar-refractivity contribution >= 4 is 28.3 Å². The molecule has 0 aliphatic rings. The van der Waals surface area contributed by atoms with Crippen molar-refractivity contribution in [1.29, 1.82) is 0 Å². The summed E-state index contributed by atoms with van der Waals surface area (Å²) in [4.78, 5) is 0. The average Bonchev–Trinajstić information content (AvgIpc) is 2.18. The molecule has 1 aromatic carbocycles. The summed E-state index contributed by atoms with van der Waals surface area (Å²) in [7, 11) is 1.64. The SMILES string of the molecule is COc1ccc(Br)cc1[C@H](N)CCN.Cl. The van der Waals surface area contributed by atoms with Gasteiger partial charge in [0.05, 0.1) is 7.11 Å². The van der Waals surface area contributed by atoms with E-state index in [2.05, 4.69) is 15.9 Å². The fourth-order valence-corrected chi connectivity index (χ4v) is 1.71. The normalized spacial score (nSPS) is 11.7. The zero-order valence-corrected chi connectivity index (χ0v) is 11.0. The van der Waals surface area contributed by atoms with Crippen LogP contribution in [0.1, 0.15) is 18.0 Å². The van der Waals surface area contributed by atoms with Gasteiger partial charge in [0.25, 0.3) is 0 Å². The Bertz CT molecular complexity index is 309. The van der Waals surface area contributed by atoms with E-state index in [0.29, 0.717) is 6.54 Å². The fraction of sp³-hybridized carbons (Fsp3) is 0.400. The average molecular weight is 296 g/mol. The first kappa shape index (κ1) is 14.7. The zero-order chi connectivity index (χ0) is 10.6. The molecule has 0 fully saturated rings. The van der Waals surface area contributed by atoms with Crippen LogP contribution in [0.5, 0.6) is 5.75 Å². The fourth-order valence-electron chi connectivity index (χ4n) is 1.33. The lowest BCUT2D eigenvalue weighted by Crippen LogP contribution is -2.16. The van der Waals surface area contributed by atoms with E-state index in [4.69, 9.17) is 16.2 Å². The molecule has 1 atom stereocenters. The van der Waals surface area contributed by atoms with Crippen molar-refractivity contribution in [2.45, 2.75) is 12.5 Å². The lowest BCUT2D eigenvalue weighted by atomic mass is 10.0. The Hall–Kier alpha value is -0.290. The van der Waals surface area contributed by atoms with Gasteiger partial charge in [-0.05, 0) is 31.2 Å². The molecule has 15 heavy (non-hydrogen) atoms. The molecular weight excluding hydrogens is 279 g/mol. The van der Waals surface area contributed by atoms with Crippen LogP contribution in [0.25, 0.3) is 0 Å². The number of rotatable bonds is 4. The summed E-state index contributed by atoms with van der Waals surface area (Å²) in [6.45, 7) is 0.580. The van der Waals surface area contributed by atoms with Crippen LogP contribution in [0.2, 0.25) is 0 Å². The lowest BCUT2D eigenvalue weighted by Gasteiger charge is -2.15. The molecule has 86 valence electrons. The van der Waals surface area contributed by atoms with Gasteiger partial charge in [-0.1, -0.05) is 15.9 Å².